The van der Waals surface area contributed by atoms with Crippen LogP contribution in [0.15, 0.2) is 48.5 Å². The Kier molecular flexibility index (Phi) is 5.35. The summed E-state index contributed by atoms with van der Waals surface area (Å²) < 4.78 is 13.0. The number of halogens is 1. The Morgan fingerprint density at radius 2 is 1.92 bits per heavy atom. The summed E-state index contributed by atoms with van der Waals surface area (Å²) in [7, 11) is 0. The molecule has 26 heavy (non-hydrogen) atoms. The molecule has 5 heteroatoms. The van der Waals surface area contributed by atoms with E-state index in [2.05, 4.69) is 19.2 Å². The van der Waals surface area contributed by atoms with Crippen LogP contribution in [-0.2, 0) is 9.59 Å². The van der Waals surface area contributed by atoms with Crippen molar-refractivity contribution in [2.75, 3.05) is 16.8 Å². The zero-order valence-electron chi connectivity index (χ0n) is 15.0. The van der Waals surface area contributed by atoms with E-state index < -0.39 is 5.92 Å². The minimum Gasteiger partial charge on any atom is -0.326 e. The molecule has 0 aromatic heterocycles. The molecule has 2 aromatic carbocycles. The molecule has 1 fully saturated rings. The second kappa shape index (κ2) is 7.68. The molecule has 0 saturated carbocycles. The number of nitrogens with zero attached hydrogens (tertiary/aromatic N) is 1. The molecule has 136 valence electrons. The second-order valence-electron chi connectivity index (χ2n) is 6.77. The van der Waals surface area contributed by atoms with Crippen molar-refractivity contribution in [1.82, 2.24) is 0 Å². The Hall–Kier alpha value is -2.69. The Balaban J connectivity index is 1.75. The van der Waals surface area contributed by atoms with Crippen molar-refractivity contribution in [2.24, 2.45) is 5.92 Å². The third-order valence-corrected chi connectivity index (χ3v) is 4.98. The summed E-state index contributed by atoms with van der Waals surface area (Å²) in [6, 6.07) is 13.5. The Morgan fingerprint density at radius 3 is 2.62 bits per heavy atom. The molecule has 1 heterocycles. The van der Waals surface area contributed by atoms with E-state index in [4.69, 9.17) is 0 Å². The Morgan fingerprint density at radius 1 is 1.23 bits per heavy atom. The van der Waals surface area contributed by atoms with E-state index in [1.165, 1.54) is 24.3 Å². The second-order valence-corrected chi connectivity index (χ2v) is 6.77. The van der Waals surface area contributed by atoms with Crippen molar-refractivity contribution in [3.63, 3.8) is 0 Å². The molecule has 2 aromatic rings. The van der Waals surface area contributed by atoms with Crippen LogP contribution in [0, 0.1) is 11.7 Å². The topological polar surface area (TPSA) is 49.4 Å². The monoisotopic (exact) mass is 354 g/mol. The van der Waals surface area contributed by atoms with Crippen LogP contribution < -0.4 is 10.2 Å². The molecule has 0 radical (unpaired) electrons. The third kappa shape index (κ3) is 3.77. The summed E-state index contributed by atoms with van der Waals surface area (Å²) in [5, 5.41) is 2.77. The SMILES string of the molecule is CC[C@H](C)c1ccccc1N1C[C@@H](C(=O)Nc2ccc(F)cc2)CC1=O. The number of para-hydroxylation sites is 1. The predicted molar refractivity (Wildman–Crippen MR) is 101 cm³/mol. The van der Waals surface area contributed by atoms with Gasteiger partial charge in [-0.2, -0.15) is 0 Å². The molecule has 1 saturated heterocycles. The van der Waals surface area contributed by atoms with Crippen molar-refractivity contribution >= 4 is 23.2 Å². The van der Waals surface area contributed by atoms with Gasteiger partial charge < -0.3 is 10.2 Å². The number of amides is 2. The number of carbonyl (C=O) groups is 2. The highest BCUT2D eigenvalue weighted by molar-refractivity contribution is 6.03. The van der Waals surface area contributed by atoms with Gasteiger partial charge in [0.25, 0.3) is 0 Å². The zero-order valence-corrected chi connectivity index (χ0v) is 15.0. The molecule has 1 N–H and O–H groups in total. The van der Waals surface area contributed by atoms with Crippen LogP contribution in [-0.4, -0.2) is 18.4 Å². The van der Waals surface area contributed by atoms with E-state index in [0.717, 1.165) is 17.7 Å². The van der Waals surface area contributed by atoms with Gasteiger partial charge >= 0.3 is 0 Å². The summed E-state index contributed by atoms with van der Waals surface area (Å²) in [6.07, 6.45) is 1.16. The van der Waals surface area contributed by atoms with E-state index in [0.29, 0.717) is 18.2 Å². The number of hydrogen-bond donors (Lipinski definition) is 1. The normalized spacial score (nSPS) is 18.0. The maximum atomic E-state index is 13.0. The fourth-order valence-electron chi connectivity index (χ4n) is 3.26. The third-order valence-electron chi connectivity index (χ3n) is 4.98. The fourth-order valence-corrected chi connectivity index (χ4v) is 3.26. The van der Waals surface area contributed by atoms with Crippen LogP contribution >= 0.6 is 0 Å². The minimum absolute atomic E-state index is 0.0417. The molecular weight excluding hydrogens is 331 g/mol. The number of hydrogen-bond acceptors (Lipinski definition) is 2. The lowest BCUT2D eigenvalue weighted by Crippen LogP contribution is -2.29. The Bertz CT molecular complexity index is 804. The summed E-state index contributed by atoms with van der Waals surface area (Å²) >= 11 is 0. The number of carbonyl (C=O) groups excluding carboxylic acids is 2. The average molecular weight is 354 g/mol. The quantitative estimate of drug-likeness (QED) is 0.869. The minimum atomic E-state index is -0.419. The van der Waals surface area contributed by atoms with Gasteiger partial charge in [0.05, 0.1) is 5.92 Å². The van der Waals surface area contributed by atoms with Crippen molar-refractivity contribution in [3.05, 3.63) is 59.9 Å². The first kappa shape index (κ1) is 18.1. The number of rotatable bonds is 5. The van der Waals surface area contributed by atoms with Gasteiger partial charge in [-0.05, 0) is 48.2 Å². The molecule has 2 atom stereocenters. The molecule has 4 nitrogen and oxygen atoms in total. The van der Waals surface area contributed by atoms with Crippen LogP contribution in [0.4, 0.5) is 15.8 Å². The van der Waals surface area contributed by atoms with Crippen LogP contribution in [0.1, 0.15) is 38.2 Å². The average Bonchev–Trinajstić information content (AvgIpc) is 3.04. The fraction of sp³-hybridized carbons (Fsp3) is 0.333. The van der Waals surface area contributed by atoms with E-state index in [-0.39, 0.29) is 24.1 Å². The summed E-state index contributed by atoms with van der Waals surface area (Å²) in [6.45, 7) is 4.61. The largest absolute Gasteiger partial charge is 0.326 e. The summed E-state index contributed by atoms with van der Waals surface area (Å²) in [5.41, 5.74) is 2.55. The van der Waals surface area contributed by atoms with Crippen LogP contribution in [0.3, 0.4) is 0 Å². The first-order chi connectivity index (χ1) is 12.5. The lowest BCUT2D eigenvalue weighted by Gasteiger charge is -2.23. The predicted octanol–water partition coefficient (Wildman–Crippen LogP) is 4.33. The molecule has 3 rings (SSSR count). The molecule has 0 bridgehead atoms. The molecule has 1 aliphatic rings. The summed E-state index contributed by atoms with van der Waals surface area (Å²) in [5.74, 6) is -0.691. The lowest BCUT2D eigenvalue weighted by atomic mass is 9.96. The van der Waals surface area contributed by atoms with Gasteiger partial charge in [0.15, 0.2) is 0 Å². The first-order valence-corrected chi connectivity index (χ1v) is 8.95. The maximum absolute atomic E-state index is 13.0. The molecule has 2 amide bonds. The van der Waals surface area contributed by atoms with Crippen molar-refractivity contribution in [1.29, 1.82) is 0 Å². The number of benzene rings is 2. The lowest BCUT2D eigenvalue weighted by molar-refractivity contribution is -0.122. The standard InChI is InChI=1S/C21H23FN2O2/c1-3-14(2)18-6-4-5-7-19(18)24-13-15(12-20(24)25)21(26)23-17-10-8-16(22)9-11-17/h4-11,14-15H,3,12-13H2,1-2H3,(H,23,26)/t14-,15-/m0/s1. The smallest absolute Gasteiger partial charge is 0.229 e. The van der Waals surface area contributed by atoms with E-state index in [1.54, 1.807) is 4.90 Å². The van der Waals surface area contributed by atoms with Gasteiger partial charge in [0.2, 0.25) is 11.8 Å². The van der Waals surface area contributed by atoms with Crippen LogP contribution in [0.5, 0.6) is 0 Å². The van der Waals surface area contributed by atoms with E-state index >= 15 is 0 Å². The van der Waals surface area contributed by atoms with Gasteiger partial charge in [-0.3, -0.25) is 9.59 Å². The number of anilines is 2. The van der Waals surface area contributed by atoms with Gasteiger partial charge in [-0.15, -0.1) is 0 Å². The van der Waals surface area contributed by atoms with E-state index in [1.807, 2.05) is 24.3 Å². The van der Waals surface area contributed by atoms with Gasteiger partial charge in [-0.1, -0.05) is 32.0 Å². The maximum Gasteiger partial charge on any atom is 0.229 e. The van der Waals surface area contributed by atoms with Gasteiger partial charge in [0.1, 0.15) is 5.82 Å². The Labute approximate surface area is 153 Å². The van der Waals surface area contributed by atoms with Crippen molar-refractivity contribution < 1.29 is 14.0 Å². The molecule has 0 aliphatic carbocycles. The van der Waals surface area contributed by atoms with Crippen LogP contribution in [0.2, 0.25) is 0 Å². The molecular formula is C21H23FN2O2. The van der Waals surface area contributed by atoms with Crippen LogP contribution in [0.25, 0.3) is 0 Å². The van der Waals surface area contributed by atoms with Gasteiger partial charge in [-0.25, -0.2) is 4.39 Å². The van der Waals surface area contributed by atoms with E-state index in [9.17, 15) is 14.0 Å². The first-order valence-electron chi connectivity index (χ1n) is 8.95. The van der Waals surface area contributed by atoms with Gasteiger partial charge in [0, 0.05) is 24.3 Å². The van der Waals surface area contributed by atoms with Crippen molar-refractivity contribution in [2.45, 2.75) is 32.6 Å². The highest BCUT2D eigenvalue weighted by Crippen LogP contribution is 2.33. The highest BCUT2D eigenvalue weighted by atomic mass is 19.1. The number of nitrogens with one attached hydrogen (secondary N) is 1. The zero-order chi connectivity index (χ0) is 18.7. The molecule has 0 spiro atoms. The molecule has 0 unspecified atom stereocenters. The summed E-state index contributed by atoms with van der Waals surface area (Å²) in [4.78, 5) is 26.8. The molecule has 1 aliphatic heterocycles. The van der Waals surface area contributed by atoms with Crippen molar-refractivity contribution in [3.8, 4) is 0 Å². The highest BCUT2D eigenvalue weighted by Gasteiger charge is 2.36.